The van der Waals surface area contributed by atoms with E-state index in [4.69, 9.17) is 0 Å². The number of nitrogens with zero attached hydrogens (tertiary/aromatic N) is 5. The molecule has 0 aliphatic heterocycles. The summed E-state index contributed by atoms with van der Waals surface area (Å²) < 4.78 is 1.95. The van der Waals surface area contributed by atoms with Gasteiger partial charge < -0.3 is 4.90 Å². The van der Waals surface area contributed by atoms with E-state index in [1.54, 1.807) is 29.4 Å². The molecule has 0 fully saturated rings. The molecule has 0 unspecified atom stereocenters. The van der Waals surface area contributed by atoms with Crippen molar-refractivity contribution >= 4 is 23.4 Å². The van der Waals surface area contributed by atoms with Gasteiger partial charge in [0, 0.05) is 36.7 Å². The van der Waals surface area contributed by atoms with Crippen molar-refractivity contribution in [2.75, 3.05) is 17.2 Å². The first-order valence-electron chi connectivity index (χ1n) is 8.78. The molecule has 28 heavy (non-hydrogen) atoms. The molecule has 3 aromatic rings. The van der Waals surface area contributed by atoms with Crippen LogP contribution in [0.2, 0.25) is 0 Å². The van der Waals surface area contributed by atoms with Crippen molar-refractivity contribution < 1.29 is 4.79 Å². The molecule has 0 saturated carbocycles. The van der Waals surface area contributed by atoms with Gasteiger partial charge in [-0.3, -0.25) is 14.3 Å². The van der Waals surface area contributed by atoms with Crippen LogP contribution in [0, 0.1) is 0 Å². The number of aromatic nitrogens is 4. The third-order valence-electron chi connectivity index (χ3n) is 3.97. The Morgan fingerprint density at radius 1 is 1.07 bits per heavy atom. The van der Waals surface area contributed by atoms with Gasteiger partial charge in [-0.25, -0.2) is 0 Å². The smallest absolute Gasteiger partial charge is 0.237 e. The second-order valence-corrected chi connectivity index (χ2v) is 6.80. The highest BCUT2D eigenvalue weighted by molar-refractivity contribution is 7.99. The van der Waals surface area contributed by atoms with E-state index in [1.807, 2.05) is 47.0 Å². The first-order chi connectivity index (χ1) is 13.7. The Kier molecular flexibility index (Phi) is 6.75. The van der Waals surface area contributed by atoms with E-state index >= 15 is 0 Å². The van der Waals surface area contributed by atoms with Gasteiger partial charge in [-0.05, 0) is 24.3 Å². The fraction of sp³-hybridized carbons (Fsp3) is 0.143. The molecule has 0 spiro atoms. The van der Waals surface area contributed by atoms with Gasteiger partial charge in [-0.15, -0.1) is 23.4 Å². The Morgan fingerprint density at radius 2 is 1.82 bits per heavy atom. The van der Waals surface area contributed by atoms with E-state index in [0.29, 0.717) is 18.2 Å². The van der Waals surface area contributed by atoms with Crippen molar-refractivity contribution in [3.05, 3.63) is 80.2 Å². The SMILES string of the molecule is C=CCN(C(=O)CSc1nnc(-c2ccncc2)n1CC=C)c1ccccc1. The van der Waals surface area contributed by atoms with E-state index in [1.165, 1.54) is 11.8 Å². The van der Waals surface area contributed by atoms with Crippen molar-refractivity contribution in [1.29, 1.82) is 0 Å². The quantitative estimate of drug-likeness (QED) is 0.410. The minimum atomic E-state index is -0.0188. The minimum Gasteiger partial charge on any atom is -0.308 e. The number of hydrogen-bond donors (Lipinski definition) is 0. The van der Waals surface area contributed by atoms with Gasteiger partial charge in [0.15, 0.2) is 11.0 Å². The number of benzene rings is 1. The number of carbonyl (C=O) groups is 1. The van der Waals surface area contributed by atoms with Crippen LogP contribution in [0.1, 0.15) is 0 Å². The average Bonchev–Trinajstić information content (AvgIpc) is 3.14. The molecule has 7 heteroatoms. The van der Waals surface area contributed by atoms with Gasteiger partial charge >= 0.3 is 0 Å². The highest BCUT2D eigenvalue weighted by Gasteiger charge is 2.18. The third kappa shape index (κ3) is 4.55. The Balaban J connectivity index is 1.78. The number of hydrogen-bond acceptors (Lipinski definition) is 5. The molecule has 0 radical (unpaired) electrons. The highest BCUT2D eigenvalue weighted by Crippen LogP contribution is 2.24. The zero-order chi connectivity index (χ0) is 19.8. The summed E-state index contributed by atoms with van der Waals surface area (Å²) in [6.07, 6.45) is 6.93. The lowest BCUT2D eigenvalue weighted by atomic mass is 10.2. The number of rotatable bonds is 9. The Labute approximate surface area is 168 Å². The van der Waals surface area contributed by atoms with Crippen LogP contribution in [0.5, 0.6) is 0 Å². The number of allylic oxidation sites excluding steroid dienone is 1. The highest BCUT2D eigenvalue weighted by atomic mass is 32.2. The zero-order valence-electron chi connectivity index (χ0n) is 15.4. The van der Waals surface area contributed by atoms with Crippen molar-refractivity contribution in [3.8, 4) is 11.4 Å². The van der Waals surface area contributed by atoms with E-state index in [2.05, 4.69) is 28.3 Å². The number of para-hydroxylation sites is 1. The van der Waals surface area contributed by atoms with Gasteiger partial charge in [-0.2, -0.15) is 0 Å². The maximum atomic E-state index is 12.8. The van der Waals surface area contributed by atoms with Gasteiger partial charge in [-0.1, -0.05) is 42.1 Å². The molecular formula is C21H21N5OS. The molecule has 6 nitrogen and oxygen atoms in total. The lowest BCUT2D eigenvalue weighted by Gasteiger charge is -2.21. The largest absolute Gasteiger partial charge is 0.308 e. The Morgan fingerprint density at radius 3 is 2.50 bits per heavy atom. The van der Waals surface area contributed by atoms with Crippen molar-refractivity contribution in [2.24, 2.45) is 0 Å². The topological polar surface area (TPSA) is 63.9 Å². The fourth-order valence-electron chi connectivity index (χ4n) is 2.70. The molecule has 0 atom stereocenters. The molecule has 2 heterocycles. The normalized spacial score (nSPS) is 10.4. The van der Waals surface area contributed by atoms with Crippen molar-refractivity contribution in [3.63, 3.8) is 0 Å². The molecule has 142 valence electrons. The van der Waals surface area contributed by atoms with Gasteiger partial charge in [0.25, 0.3) is 0 Å². The summed E-state index contributed by atoms with van der Waals surface area (Å²) in [4.78, 5) is 18.6. The monoisotopic (exact) mass is 391 g/mol. The molecule has 2 aromatic heterocycles. The molecule has 0 saturated heterocycles. The number of carbonyl (C=O) groups excluding carboxylic acids is 1. The van der Waals surface area contributed by atoms with Crippen LogP contribution in [0.25, 0.3) is 11.4 Å². The fourth-order valence-corrected chi connectivity index (χ4v) is 3.52. The average molecular weight is 392 g/mol. The summed E-state index contributed by atoms with van der Waals surface area (Å²) in [7, 11) is 0. The Bertz CT molecular complexity index is 940. The van der Waals surface area contributed by atoms with Gasteiger partial charge in [0.05, 0.1) is 5.75 Å². The van der Waals surface area contributed by atoms with Crippen molar-refractivity contribution in [2.45, 2.75) is 11.7 Å². The minimum absolute atomic E-state index is 0.0188. The van der Waals surface area contributed by atoms with Crippen LogP contribution in [-0.4, -0.2) is 38.0 Å². The number of anilines is 1. The number of pyridine rings is 1. The molecule has 0 bridgehead atoms. The van der Waals surface area contributed by atoms with E-state index < -0.39 is 0 Å². The summed E-state index contributed by atoms with van der Waals surface area (Å²) in [5.74, 6) is 0.951. The lowest BCUT2D eigenvalue weighted by Crippen LogP contribution is -2.32. The third-order valence-corrected chi connectivity index (χ3v) is 4.92. The van der Waals surface area contributed by atoms with E-state index in [9.17, 15) is 4.79 Å². The summed E-state index contributed by atoms with van der Waals surface area (Å²) in [6, 6.07) is 13.3. The summed E-state index contributed by atoms with van der Waals surface area (Å²) >= 11 is 1.36. The van der Waals surface area contributed by atoms with Gasteiger partial charge in [0.2, 0.25) is 5.91 Å². The van der Waals surface area contributed by atoms with Crippen LogP contribution >= 0.6 is 11.8 Å². The maximum absolute atomic E-state index is 12.8. The Hall–Kier alpha value is -3.19. The molecule has 1 amide bonds. The van der Waals surface area contributed by atoms with Crippen molar-refractivity contribution in [1.82, 2.24) is 19.7 Å². The maximum Gasteiger partial charge on any atom is 0.237 e. The molecule has 0 N–H and O–H groups in total. The second kappa shape index (κ2) is 9.66. The summed E-state index contributed by atoms with van der Waals surface area (Å²) in [6.45, 7) is 8.57. The van der Waals surface area contributed by atoms with Crippen LogP contribution < -0.4 is 4.90 Å². The summed E-state index contributed by atoms with van der Waals surface area (Å²) in [5.41, 5.74) is 1.76. The predicted octanol–water partition coefficient (Wildman–Crippen LogP) is 3.84. The van der Waals surface area contributed by atoms with Crippen LogP contribution in [0.3, 0.4) is 0 Å². The molecule has 0 aliphatic carbocycles. The summed E-state index contributed by atoms with van der Waals surface area (Å²) in [5, 5.41) is 9.25. The number of amides is 1. The molecule has 3 rings (SSSR count). The molecular weight excluding hydrogens is 370 g/mol. The molecule has 1 aromatic carbocycles. The van der Waals surface area contributed by atoms with Crippen LogP contribution in [0.4, 0.5) is 5.69 Å². The first kappa shape index (κ1) is 19.6. The predicted molar refractivity (Wildman–Crippen MR) is 113 cm³/mol. The zero-order valence-corrected chi connectivity index (χ0v) is 16.3. The van der Waals surface area contributed by atoms with Gasteiger partial charge in [0.1, 0.15) is 0 Å². The standard InChI is InChI=1S/C21H21N5OS/c1-3-14-25(18-8-6-5-7-9-18)19(27)16-28-21-24-23-20(26(21)15-4-2)17-10-12-22-13-11-17/h3-13H,1-2,14-16H2. The van der Waals surface area contributed by atoms with Crippen LogP contribution in [0.15, 0.2) is 85.3 Å². The van der Waals surface area contributed by atoms with E-state index in [0.717, 1.165) is 17.1 Å². The lowest BCUT2D eigenvalue weighted by molar-refractivity contribution is -0.116. The second-order valence-electron chi connectivity index (χ2n) is 5.86. The number of thioether (sulfide) groups is 1. The van der Waals surface area contributed by atoms with E-state index in [-0.39, 0.29) is 11.7 Å². The van der Waals surface area contributed by atoms with Crippen LogP contribution in [-0.2, 0) is 11.3 Å². The molecule has 0 aliphatic rings. The first-order valence-corrected chi connectivity index (χ1v) is 9.76.